The van der Waals surface area contributed by atoms with Crippen LogP contribution < -0.4 is 14.8 Å². The number of fused-ring (bicyclic) bond motifs is 1. The average molecular weight is 425 g/mol. The number of unbranched alkanes of at least 4 members (excludes halogenated alkanes) is 1. The first kappa shape index (κ1) is 21.9. The lowest BCUT2D eigenvalue weighted by molar-refractivity contribution is -0.124. The lowest BCUT2D eigenvalue weighted by atomic mass is 9.99. The number of sulfonamides is 1. The molecule has 0 saturated carbocycles. The van der Waals surface area contributed by atoms with E-state index >= 15 is 0 Å². The highest BCUT2D eigenvalue weighted by molar-refractivity contribution is 7.89. The molecule has 2 aliphatic heterocycles. The van der Waals surface area contributed by atoms with Crippen LogP contribution in [0.4, 0.5) is 0 Å². The average Bonchev–Trinajstić information content (AvgIpc) is 3.24. The van der Waals surface area contributed by atoms with Gasteiger partial charge >= 0.3 is 0 Å². The van der Waals surface area contributed by atoms with Crippen molar-refractivity contribution >= 4 is 15.9 Å². The van der Waals surface area contributed by atoms with Crippen molar-refractivity contribution in [1.29, 1.82) is 0 Å². The van der Waals surface area contributed by atoms with Gasteiger partial charge in [-0.1, -0.05) is 33.1 Å². The van der Waals surface area contributed by atoms with Gasteiger partial charge in [0.25, 0.3) is 0 Å². The Hall–Kier alpha value is -1.80. The number of hydrogen-bond acceptors (Lipinski definition) is 5. The maximum atomic E-state index is 13.2. The summed E-state index contributed by atoms with van der Waals surface area (Å²) in [6.07, 6.45) is 5.58. The monoisotopic (exact) mass is 424 g/mol. The number of carbonyl (C=O) groups is 1. The lowest BCUT2D eigenvalue weighted by Crippen LogP contribution is -2.46. The summed E-state index contributed by atoms with van der Waals surface area (Å²) in [7, 11) is -3.79. The van der Waals surface area contributed by atoms with Crippen molar-refractivity contribution in [3.05, 3.63) is 18.2 Å². The number of hydrogen-bond donors (Lipinski definition) is 1. The van der Waals surface area contributed by atoms with E-state index in [1.807, 2.05) is 0 Å². The minimum Gasteiger partial charge on any atom is -0.486 e. The first-order valence-electron chi connectivity index (χ1n) is 10.7. The SMILES string of the molecule is CCCC[C@H](CC)CNC(=O)[C@H]1CCCN1S(=O)(=O)c1ccc2c(c1)OCCO2. The maximum Gasteiger partial charge on any atom is 0.243 e. The third-order valence-electron chi connectivity index (χ3n) is 5.73. The molecule has 162 valence electrons. The maximum absolute atomic E-state index is 13.2. The van der Waals surface area contributed by atoms with Crippen LogP contribution in [0.5, 0.6) is 11.5 Å². The highest BCUT2D eigenvalue weighted by atomic mass is 32.2. The molecule has 0 unspecified atom stereocenters. The molecule has 7 nitrogen and oxygen atoms in total. The van der Waals surface area contributed by atoms with Crippen LogP contribution in [0.3, 0.4) is 0 Å². The number of nitrogens with zero attached hydrogens (tertiary/aromatic N) is 1. The Kier molecular flexibility index (Phi) is 7.40. The van der Waals surface area contributed by atoms with Crippen molar-refractivity contribution in [2.45, 2.75) is 63.3 Å². The van der Waals surface area contributed by atoms with E-state index in [9.17, 15) is 13.2 Å². The largest absolute Gasteiger partial charge is 0.486 e. The molecule has 3 rings (SSSR count). The number of nitrogens with one attached hydrogen (secondary N) is 1. The Morgan fingerprint density at radius 1 is 1.24 bits per heavy atom. The predicted octanol–water partition coefficient (Wildman–Crippen LogP) is 2.94. The summed E-state index contributed by atoms with van der Waals surface area (Å²) >= 11 is 0. The molecule has 0 aromatic heterocycles. The van der Waals surface area contributed by atoms with Crippen LogP contribution in [0.15, 0.2) is 23.1 Å². The molecule has 2 atom stereocenters. The van der Waals surface area contributed by atoms with Crippen LogP contribution in [0.1, 0.15) is 52.4 Å². The second-order valence-electron chi connectivity index (χ2n) is 7.74. The quantitative estimate of drug-likeness (QED) is 0.659. The van der Waals surface area contributed by atoms with Crippen molar-refractivity contribution in [3.63, 3.8) is 0 Å². The molecule has 2 aliphatic rings. The highest BCUT2D eigenvalue weighted by Crippen LogP contribution is 2.34. The van der Waals surface area contributed by atoms with E-state index in [4.69, 9.17) is 9.47 Å². The number of amides is 1. The molecule has 0 radical (unpaired) electrons. The van der Waals surface area contributed by atoms with Gasteiger partial charge in [-0.05, 0) is 37.3 Å². The van der Waals surface area contributed by atoms with Crippen molar-refractivity contribution in [2.24, 2.45) is 5.92 Å². The second kappa shape index (κ2) is 9.80. The van der Waals surface area contributed by atoms with Gasteiger partial charge in [0.05, 0.1) is 4.90 Å². The molecular formula is C21H32N2O5S. The van der Waals surface area contributed by atoms with E-state index < -0.39 is 16.1 Å². The van der Waals surface area contributed by atoms with Crippen molar-refractivity contribution in [3.8, 4) is 11.5 Å². The second-order valence-corrected chi connectivity index (χ2v) is 9.63. The molecule has 1 aromatic carbocycles. The smallest absolute Gasteiger partial charge is 0.243 e. The van der Waals surface area contributed by atoms with Gasteiger partial charge in [-0.2, -0.15) is 4.31 Å². The van der Waals surface area contributed by atoms with Crippen molar-refractivity contribution < 1.29 is 22.7 Å². The van der Waals surface area contributed by atoms with E-state index in [1.54, 1.807) is 6.07 Å². The summed E-state index contributed by atoms with van der Waals surface area (Å²) in [5.41, 5.74) is 0. The minimum absolute atomic E-state index is 0.135. The number of rotatable bonds is 9. The summed E-state index contributed by atoms with van der Waals surface area (Å²) < 4.78 is 38.8. The molecule has 2 heterocycles. The zero-order chi connectivity index (χ0) is 20.9. The van der Waals surface area contributed by atoms with Gasteiger partial charge < -0.3 is 14.8 Å². The summed E-state index contributed by atoms with van der Waals surface area (Å²) in [6.45, 7) is 6.07. The highest BCUT2D eigenvalue weighted by Gasteiger charge is 2.39. The summed E-state index contributed by atoms with van der Waals surface area (Å²) in [5.74, 6) is 1.21. The Bertz CT molecular complexity index is 811. The van der Waals surface area contributed by atoms with Crippen LogP contribution in [-0.2, 0) is 14.8 Å². The zero-order valence-corrected chi connectivity index (χ0v) is 18.2. The summed E-state index contributed by atoms with van der Waals surface area (Å²) in [6, 6.07) is 3.98. The molecule has 1 aromatic rings. The third-order valence-corrected chi connectivity index (χ3v) is 7.64. The molecule has 1 N–H and O–H groups in total. The fraction of sp³-hybridized carbons (Fsp3) is 0.667. The van der Waals surface area contributed by atoms with Gasteiger partial charge in [-0.3, -0.25) is 4.79 Å². The van der Waals surface area contributed by atoms with Gasteiger partial charge in [0.15, 0.2) is 11.5 Å². The topological polar surface area (TPSA) is 84.9 Å². The van der Waals surface area contributed by atoms with Gasteiger partial charge in [0.1, 0.15) is 19.3 Å². The molecule has 1 fully saturated rings. The van der Waals surface area contributed by atoms with Crippen LogP contribution in [0.2, 0.25) is 0 Å². The van der Waals surface area contributed by atoms with E-state index in [1.165, 1.54) is 16.4 Å². The molecule has 0 aliphatic carbocycles. The fourth-order valence-electron chi connectivity index (χ4n) is 3.92. The Morgan fingerprint density at radius 2 is 2.00 bits per heavy atom. The normalized spacial score (nSPS) is 20.4. The molecule has 1 saturated heterocycles. The van der Waals surface area contributed by atoms with Crippen LogP contribution in [0.25, 0.3) is 0 Å². The summed E-state index contributed by atoms with van der Waals surface area (Å²) in [5, 5.41) is 3.00. The zero-order valence-electron chi connectivity index (χ0n) is 17.4. The van der Waals surface area contributed by atoms with Gasteiger partial charge in [0.2, 0.25) is 15.9 Å². The molecule has 29 heavy (non-hydrogen) atoms. The molecule has 8 heteroatoms. The van der Waals surface area contributed by atoms with Crippen LogP contribution in [-0.4, -0.2) is 51.0 Å². The standard InChI is InChI=1S/C21H32N2O5S/c1-3-5-7-16(4-2)15-22-21(24)18-8-6-11-23(18)29(25,26)17-9-10-19-20(14-17)28-13-12-27-19/h9-10,14,16,18H,3-8,11-13,15H2,1-2H3,(H,22,24)/t16-,18+/m0/s1. The summed E-state index contributed by atoms with van der Waals surface area (Å²) in [4.78, 5) is 12.9. The van der Waals surface area contributed by atoms with Crippen LogP contribution >= 0.6 is 0 Å². The first-order valence-corrected chi connectivity index (χ1v) is 12.1. The van der Waals surface area contributed by atoms with Crippen molar-refractivity contribution in [1.82, 2.24) is 9.62 Å². The van der Waals surface area contributed by atoms with E-state index in [2.05, 4.69) is 19.2 Å². The number of ether oxygens (including phenoxy) is 2. The molecule has 0 spiro atoms. The van der Waals surface area contributed by atoms with Crippen molar-refractivity contribution in [2.75, 3.05) is 26.3 Å². The first-order chi connectivity index (χ1) is 14.0. The molecular weight excluding hydrogens is 392 g/mol. The Balaban J connectivity index is 1.69. The van der Waals surface area contributed by atoms with Gasteiger partial charge in [-0.25, -0.2) is 8.42 Å². The minimum atomic E-state index is -3.79. The molecule has 0 bridgehead atoms. The van der Waals surface area contributed by atoms with Gasteiger partial charge in [-0.15, -0.1) is 0 Å². The number of benzene rings is 1. The lowest BCUT2D eigenvalue weighted by Gasteiger charge is -2.25. The Morgan fingerprint density at radius 3 is 2.72 bits per heavy atom. The fourth-order valence-corrected chi connectivity index (χ4v) is 5.59. The van der Waals surface area contributed by atoms with E-state index in [-0.39, 0.29) is 10.8 Å². The third kappa shape index (κ3) is 5.04. The van der Waals surface area contributed by atoms with Gasteiger partial charge in [0, 0.05) is 19.2 Å². The van der Waals surface area contributed by atoms with E-state index in [0.29, 0.717) is 56.6 Å². The Labute approximate surface area is 173 Å². The molecule has 1 amide bonds. The van der Waals surface area contributed by atoms with E-state index in [0.717, 1.165) is 25.7 Å². The van der Waals surface area contributed by atoms with Crippen LogP contribution in [0, 0.1) is 5.92 Å². The predicted molar refractivity (Wildman–Crippen MR) is 111 cm³/mol. The number of carbonyl (C=O) groups excluding carboxylic acids is 1.